The molecule has 7 nitrogen and oxygen atoms in total. The van der Waals surface area contributed by atoms with Gasteiger partial charge in [0.2, 0.25) is 0 Å². The van der Waals surface area contributed by atoms with E-state index < -0.39 is 0 Å². The fourth-order valence-corrected chi connectivity index (χ4v) is 6.66. The number of nitrogens with one attached hydrogen (secondary N) is 2. The summed E-state index contributed by atoms with van der Waals surface area (Å²) in [6.45, 7) is 5.01. The predicted molar refractivity (Wildman–Crippen MR) is 155 cm³/mol. The Labute approximate surface area is 231 Å². The van der Waals surface area contributed by atoms with E-state index in [1.54, 1.807) is 0 Å². The van der Waals surface area contributed by atoms with Gasteiger partial charge in [-0.2, -0.15) is 5.10 Å². The zero-order valence-corrected chi connectivity index (χ0v) is 23.0. The lowest BCUT2D eigenvalue weighted by atomic mass is 9.75. The third kappa shape index (κ3) is 4.92. The van der Waals surface area contributed by atoms with E-state index >= 15 is 0 Å². The fourth-order valence-electron chi connectivity index (χ4n) is 6.66. The minimum atomic E-state index is -0.381. The lowest BCUT2D eigenvalue weighted by molar-refractivity contribution is -0.0346. The largest absolute Gasteiger partial charge is 0.366 e. The quantitative estimate of drug-likeness (QED) is 0.473. The lowest BCUT2D eigenvalue weighted by Crippen LogP contribution is -2.45. The molecule has 0 amide bonds. The van der Waals surface area contributed by atoms with Crippen molar-refractivity contribution in [1.82, 2.24) is 30.3 Å². The summed E-state index contributed by atoms with van der Waals surface area (Å²) >= 11 is 0. The van der Waals surface area contributed by atoms with Crippen molar-refractivity contribution in [1.29, 1.82) is 0 Å². The van der Waals surface area contributed by atoms with Gasteiger partial charge in [-0.1, -0.05) is 12.1 Å². The van der Waals surface area contributed by atoms with Crippen LogP contribution in [0.1, 0.15) is 49.8 Å². The molecule has 2 aromatic heterocycles. The Morgan fingerprint density at radius 2 is 2.00 bits per heavy atom. The number of fused-ring (bicyclic) bond motifs is 2. The highest BCUT2D eigenvalue weighted by Crippen LogP contribution is 2.43. The minimum Gasteiger partial charge on any atom is -0.366 e. The number of aryl methyl sites for hydroxylation is 1. The van der Waals surface area contributed by atoms with Crippen LogP contribution in [0.5, 0.6) is 0 Å². The predicted octanol–water partition coefficient (Wildman–Crippen LogP) is 4.45. The first kappa shape index (κ1) is 25.0. The number of ether oxygens (including phenoxy) is 1. The standard InChI is InChI=1S/C32H40N6O/c1-37-19-12-23(13-20-37)32(39-21-5-16-33-24-8-9-24)14-10-25-26(11-17-35-28(25)22-32)30-29-7-4-18-38(29)36-31(30)27-6-2-3-15-34-27/h2-3,6,10-11,14-15,17,22-24,33,35H,4-5,7-9,12-13,16,18-21H2,1H3. The summed E-state index contributed by atoms with van der Waals surface area (Å²) < 4.78 is 9.05. The lowest BCUT2D eigenvalue weighted by Gasteiger charge is -2.43. The fraction of sp³-hybridized carbons (Fsp3) is 0.500. The number of hydrogen-bond acceptors (Lipinski definition) is 6. The third-order valence-electron chi connectivity index (χ3n) is 9.01. The Hall–Kier alpha value is -3.00. The first-order valence-electron chi connectivity index (χ1n) is 14.9. The molecule has 0 spiro atoms. The summed E-state index contributed by atoms with van der Waals surface area (Å²) in [4.78, 5) is 7.11. The summed E-state index contributed by atoms with van der Waals surface area (Å²) in [6, 6.07) is 6.83. The zero-order valence-electron chi connectivity index (χ0n) is 23.0. The summed E-state index contributed by atoms with van der Waals surface area (Å²) in [6.07, 6.45) is 21.4. The van der Waals surface area contributed by atoms with Crippen molar-refractivity contribution in [2.45, 2.75) is 63.1 Å². The molecule has 5 aliphatic rings. The van der Waals surface area contributed by atoms with Gasteiger partial charge in [0.1, 0.15) is 11.3 Å². The Morgan fingerprint density at radius 3 is 2.82 bits per heavy atom. The zero-order chi connectivity index (χ0) is 26.2. The summed E-state index contributed by atoms with van der Waals surface area (Å²) in [5.41, 5.74) is 7.69. The van der Waals surface area contributed by atoms with Crippen LogP contribution < -0.4 is 10.6 Å². The summed E-state index contributed by atoms with van der Waals surface area (Å²) in [7, 11) is 2.23. The van der Waals surface area contributed by atoms with Crippen molar-refractivity contribution >= 4 is 5.57 Å². The van der Waals surface area contributed by atoms with Gasteiger partial charge in [0.25, 0.3) is 0 Å². The van der Waals surface area contributed by atoms with Gasteiger partial charge < -0.3 is 20.3 Å². The molecular formula is C32H40N6O. The Morgan fingerprint density at radius 1 is 1.10 bits per heavy atom. The molecule has 7 heteroatoms. The highest BCUT2D eigenvalue weighted by Gasteiger charge is 2.40. The normalized spacial score (nSPS) is 25.0. The van der Waals surface area contributed by atoms with Gasteiger partial charge in [-0.05, 0) is 113 Å². The van der Waals surface area contributed by atoms with Gasteiger partial charge in [-0.15, -0.1) is 0 Å². The first-order valence-corrected chi connectivity index (χ1v) is 14.9. The van der Waals surface area contributed by atoms with Crippen LogP contribution in [0.15, 0.2) is 66.2 Å². The summed E-state index contributed by atoms with van der Waals surface area (Å²) in [5, 5.41) is 12.3. The SMILES string of the molecule is CN1CCC(C2(OCCCNC3CC3)C=CC3=C(c4c(-c5ccccn5)nn5c4CCC5)C=CNC3=C2)CC1. The molecule has 7 rings (SSSR count). The number of piperidine rings is 1. The second-order valence-electron chi connectivity index (χ2n) is 11.8. The molecule has 2 aromatic rings. The molecule has 2 aliphatic carbocycles. The van der Waals surface area contributed by atoms with Crippen LogP contribution in [0.3, 0.4) is 0 Å². The molecule has 1 saturated heterocycles. The Balaban J connectivity index is 1.23. The van der Waals surface area contributed by atoms with E-state index in [1.807, 2.05) is 18.3 Å². The van der Waals surface area contributed by atoms with Crippen molar-refractivity contribution < 1.29 is 4.74 Å². The van der Waals surface area contributed by atoms with Gasteiger partial charge in [0.05, 0.1) is 5.69 Å². The molecule has 1 atom stereocenters. The number of allylic oxidation sites excluding steroid dienone is 3. The molecule has 204 valence electrons. The number of nitrogens with zero attached hydrogens (tertiary/aromatic N) is 4. The molecule has 1 unspecified atom stereocenters. The minimum absolute atomic E-state index is 0.381. The van der Waals surface area contributed by atoms with E-state index in [2.05, 4.69) is 68.8 Å². The van der Waals surface area contributed by atoms with Crippen molar-refractivity contribution in [3.63, 3.8) is 0 Å². The molecule has 0 aromatic carbocycles. The van der Waals surface area contributed by atoms with Crippen molar-refractivity contribution in [2.24, 2.45) is 5.92 Å². The van der Waals surface area contributed by atoms with Crippen LogP contribution in [-0.2, 0) is 17.7 Å². The van der Waals surface area contributed by atoms with E-state index in [1.165, 1.54) is 35.2 Å². The second kappa shape index (κ2) is 10.5. The average molecular weight is 525 g/mol. The van der Waals surface area contributed by atoms with Crippen LogP contribution in [-0.4, -0.2) is 64.6 Å². The number of aromatic nitrogens is 3. The number of hydrogen-bond donors (Lipinski definition) is 2. The number of dihydropyridines is 1. The maximum atomic E-state index is 6.85. The van der Waals surface area contributed by atoms with E-state index in [-0.39, 0.29) is 5.60 Å². The summed E-state index contributed by atoms with van der Waals surface area (Å²) in [5.74, 6) is 0.469. The molecule has 39 heavy (non-hydrogen) atoms. The first-order chi connectivity index (χ1) is 19.2. The molecule has 2 N–H and O–H groups in total. The molecule has 3 aliphatic heterocycles. The van der Waals surface area contributed by atoms with Crippen LogP contribution in [0.4, 0.5) is 0 Å². The molecule has 0 bridgehead atoms. The second-order valence-corrected chi connectivity index (χ2v) is 11.8. The van der Waals surface area contributed by atoms with Crippen LogP contribution in [0.2, 0.25) is 0 Å². The topological polar surface area (TPSA) is 67.2 Å². The van der Waals surface area contributed by atoms with Crippen LogP contribution >= 0.6 is 0 Å². The van der Waals surface area contributed by atoms with E-state index in [9.17, 15) is 0 Å². The molecule has 0 radical (unpaired) electrons. The highest BCUT2D eigenvalue weighted by molar-refractivity contribution is 5.90. The van der Waals surface area contributed by atoms with Crippen LogP contribution in [0, 0.1) is 5.92 Å². The molecule has 1 saturated carbocycles. The Bertz CT molecular complexity index is 1330. The third-order valence-corrected chi connectivity index (χ3v) is 9.01. The maximum absolute atomic E-state index is 6.85. The van der Waals surface area contributed by atoms with Gasteiger partial charge in [-0.3, -0.25) is 9.67 Å². The van der Waals surface area contributed by atoms with E-state index in [4.69, 9.17) is 9.84 Å². The smallest absolute Gasteiger partial charge is 0.119 e. The molecular weight excluding hydrogens is 484 g/mol. The van der Waals surface area contributed by atoms with E-state index in [0.717, 1.165) is 88.0 Å². The number of pyridine rings is 1. The van der Waals surface area contributed by atoms with Gasteiger partial charge >= 0.3 is 0 Å². The van der Waals surface area contributed by atoms with E-state index in [0.29, 0.717) is 5.92 Å². The number of likely N-dealkylation sites (tertiary alicyclic amines) is 1. The molecule has 2 fully saturated rings. The van der Waals surface area contributed by atoms with Gasteiger partial charge in [-0.25, -0.2) is 0 Å². The highest BCUT2D eigenvalue weighted by atomic mass is 16.5. The molecule has 5 heterocycles. The Kier molecular flexibility index (Phi) is 6.75. The van der Waals surface area contributed by atoms with Crippen molar-refractivity contribution in [3.8, 4) is 11.4 Å². The van der Waals surface area contributed by atoms with Crippen molar-refractivity contribution in [2.75, 3.05) is 33.3 Å². The monoisotopic (exact) mass is 524 g/mol. The van der Waals surface area contributed by atoms with Crippen LogP contribution in [0.25, 0.3) is 17.0 Å². The maximum Gasteiger partial charge on any atom is 0.119 e. The number of rotatable bonds is 9. The van der Waals surface area contributed by atoms with Gasteiger partial charge in [0.15, 0.2) is 0 Å². The van der Waals surface area contributed by atoms with Gasteiger partial charge in [0, 0.05) is 54.1 Å². The van der Waals surface area contributed by atoms with Crippen molar-refractivity contribution in [3.05, 3.63) is 77.4 Å². The average Bonchev–Trinajstić information content (AvgIpc) is 3.56.